The van der Waals surface area contributed by atoms with E-state index in [9.17, 15) is 19.6 Å². The predicted octanol–water partition coefficient (Wildman–Crippen LogP) is 3.94. The Hall–Kier alpha value is -3.03. The Morgan fingerprint density at radius 3 is 2.74 bits per heavy atom. The topological polar surface area (TPSA) is 130 Å². The van der Waals surface area contributed by atoms with Crippen LogP contribution >= 0.6 is 8.17 Å². The van der Waals surface area contributed by atoms with E-state index >= 15 is 0 Å². The highest BCUT2D eigenvalue weighted by Crippen LogP contribution is 2.42. The van der Waals surface area contributed by atoms with Gasteiger partial charge in [-0.05, 0) is 65.0 Å². The molecule has 0 bridgehead atoms. The smallest absolute Gasteiger partial charge is 0.395 e. The van der Waals surface area contributed by atoms with Crippen LogP contribution in [0, 0.1) is 6.92 Å². The standard InChI is InChI=1S/C24H29N2O7P/c1-14(2)32-24(29)16(4)26-34(30)33-23-19-8-6-5-7-17(19)9-10-21(23)31-13-18-11-25-15(3)22(28)20(18)12-27/h9-12,14,16,28H,5-8,13H2,1-4H3/t16-/m0/s1. The molecule has 0 radical (unpaired) electrons. The van der Waals surface area contributed by atoms with Gasteiger partial charge in [0.2, 0.25) is 5.75 Å². The largest absolute Gasteiger partial charge is 0.575 e. The fourth-order valence-corrected chi connectivity index (χ4v) is 4.44. The van der Waals surface area contributed by atoms with E-state index < -0.39 is 20.2 Å². The molecule has 1 aromatic carbocycles. The molecule has 0 spiro atoms. The van der Waals surface area contributed by atoms with Gasteiger partial charge in [-0.3, -0.25) is 14.3 Å². The SMILES string of the molecule is Cc1ncc(COc2ccc3c(c2O[P+]([O-])=N[C@@H](C)C(=O)OC(C)C)CCCC3)c(C=O)c1O. The first-order valence-corrected chi connectivity index (χ1v) is 12.3. The maximum atomic E-state index is 12.7. The molecule has 10 heteroatoms. The molecule has 1 aliphatic rings. The number of ether oxygens (including phenoxy) is 2. The molecule has 1 heterocycles. The first-order chi connectivity index (χ1) is 16.2. The minimum Gasteiger partial charge on any atom is -0.575 e. The summed E-state index contributed by atoms with van der Waals surface area (Å²) in [5.41, 5.74) is 2.81. The van der Waals surface area contributed by atoms with Crippen molar-refractivity contribution >= 4 is 20.4 Å². The number of aromatic hydroxyl groups is 1. The summed E-state index contributed by atoms with van der Waals surface area (Å²) in [4.78, 5) is 40.3. The van der Waals surface area contributed by atoms with Gasteiger partial charge >= 0.3 is 14.1 Å². The lowest BCUT2D eigenvalue weighted by Gasteiger charge is -2.20. The molecule has 182 valence electrons. The van der Waals surface area contributed by atoms with Crippen LogP contribution in [0.15, 0.2) is 23.1 Å². The molecular weight excluding hydrogens is 459 g/mol. The first kappa shape index (κ1) is 25.6. The molecule has 34 heavy (non-hydrogen) atoms. The number of pyridine rings is 1. The molecule has 1 aliphatic carbocycles. The number of aldehydes is 1. The number of carbonyl (C=O) groups is 2. The molecule has 2 atom stereocenters. The van der Waals surface area contributed by atoms with Crippen LogP contribution in [0.5, 0.6) is 17.2 Å². The van der Waals surface area contributed by atoms with Gasteiger partial charge < -0.3 is 19.5 Å². The van der Waals surface area contributed by atoms with Crippen LogP contribution in [0.2, 0.25) is 0 Å². The fourth-order valence-electron chi connectivity index (χ4n) is 3.66. The lowest BCUT2D eigenvalue weighted by Crippen LogP contribution is -2.21. The second kappa shape index (κ2) is 11.4. The van der Waals surface area contributed by atoms with Crippen LogP contribution in [0.25, 0.3) is 0 Å². The van der Waals surface area contributed by atoms with Crippen LogP contribution in [0.1, 0.15) is 66.4 Å². The Labute approximate surface area is 199 Å². The van der Waals surface area contributed by atoms with Gasteiger partial charge in [0.05, 0.1) is 17.4 Å². The third kappa shape index (κ3) is 6.10. The van der Waals surface area contributed by atoms with Crippen molar-refractivity contribution in [1.82, 2.24) is 4.98 Å². The number of nitrogens with zero attached hydrogens (tertiary/aromatic N) is 2. The zero-order valence-electron chi connectivity index (χ0n) is 19.7. The van der Waals surface area contributed by atoms with Gasteiger partial charge in [0.25, 0.3) is 0 Å². The molecule has 0 saturated heterocycles. The third-order valence-electron chi connectivity index (χ3n) is 5.43. The lowest BCUT2D eigenvalue weighted by molar-refractivity contribution is -0.170. The maximum Gasteiger partial charge on any atom is 0.395 e. The minimum atomic E-state index is -2.58. The number of esters is 1. The minimum absolute atomic E-state index is 0.0604. The Bertz CT molecular complexity index is 1100. The van der Waals surface area contributed by atoms with Gasteiger partial charge in [0, 0.05) is 17.3 Å². The third-order valence-corrected chi connectivity index (χ3v) is 6.31. The molecule has 0 aliphatic heterocycles. The van der Waals surface area contributed by atoms with Crippen LogP contribution in [0.4, 0.5) is 0 Å². The van der Waals surface area contributed by atoms with E-state index in [4.69, 9.17) is 14.0 Å². The number of aryl methyl sites for hydroxylation is 2. The molecule has 9 nitrogen and oxygen atoms in total. The zero-order chi connectivity index (χ0) is 24.8. The van der Waals surface area contributed by atoms with Gasteiger partial charge in [-0.1, -0.05) is 10.8 Å². The monoisotopic (exact) mass is 488 g/mol. The van der Waals surface area contributed by atoms with E-state index in [-0.39, 0.29) is 24.0 Å². The number of aromatic nitrogens is 1. The number of rotatable bonds is 9. The molecule has 1 unspecified atom stereocenters. The second-order valence-corrected chi connectivity index (χ2v) is 9.27. The fraction of sp³-hybridized carbons (Fsp3) is 0.458. The molecule has 0 saturated carbocycles. The van der Waals surface area contributed by atoms with Crippen LogP contribution < -0.4 is 14.2 Å². The maximum absolute atomic E-state index is 12.7. The van der Waals surface area contributed by atoms with Crippen molar-refractivity contribution in [3.05, 3.63) is 46.3 Å². The Kier molecular flexibility index (Phi) is 8.58. The zero-order valence-corrected chi connectivity index (χ0v) is 20.6. The number of hydrogen-bond acceptors (Lipinski definition) is 9. The first-order valence-electron chi connectivity index (χ1n) is 11.2. The van der Waals surface area contributed by atoms with Crippen LogP contribution in [0.3, 0.4) is 0 Å². The average Bonchev–Trinajstić information content (AvgIpc) is 2.80. The Morgan fingerprint density at radius 2 is 2.03 bits per heavy atom. The van der Waals surface area contributed by atoms with Crippen LogP contribution in [-0.2, 0) is 29.0 Å². The molecule has 0 fully saturated rings. The summed E-state index contributed by atoms with van der Waals surface area (Å²) in [6, 6.07) is 2.71. The van der Waals surface area contributed by atoms with Crippen molar-refractivity contribution in [3.8, 4) is 17.2 Å². The molecular formula is C24H29N2O7P. The summed E-state index contributed by atoms with van der Waals surface area (Å²) in [6.07, 6.45) is 5.29. The number of fused-ring (bicyclic) bond motifs is 1. The molecule has 2 aromatic rings. The van der Waals surface area contributed by atoms with E-state index in [0.717, 1.165) is 36.8 Å². The van der Waals surface area contributed by atoms with Gasteiger partial charge in [-0.2, -0.15) is 0 Å². The summed E-state index contributed by atoms with van der Waals surface area (Å²) < 4.78 is 20.7. The summed E-state index contributed by atoms with van der Waals surface area (Å²) in [5.74, 6) is -0.138. The quantitative estimate of drug-likeness (QED) is 0.319. The van der Waals surface area contributed by atoms with E-state index in [2.05, 4.69) is 9.73 Å². The van der Waals surface area contributed by atoms with Crippen molar-refractivity contribution < 1.29 is 33.6 Å². The Morgan fingerprint density at radius 1 is 1.29 bits per heavy atom. The van der Waals surface area contributed by atoms with Crippen molar-refractivity contribution in [3.63, 3.8) is 0 Å². The van der Waals surface area contributed by atoms with Crippen LogP contribution in [-0.4, -0.2) is 34.5 Å². The molecule has 1 N–H and O–H groups in total. The second-order valence-electron chi connectivity index (χ2n) is 8.38. The highest BCUT2D eigenvalue weighted by atomic mass is 31.1. The summed E-state index contributed by atoms with van der Waals surface area (Å²) in [6.45, 7) is 6.48. The van der Waals surface area contributed by atoms with Crippen molar-refractivity contribution in [2.45, 2.75) is 72.1 Å². The number of carbonyl (C=O) groups excluding carboxylic acids is 2. The van der Waals surface area contributed by atoms with Gasteiger partial charge in [-0.25, -0.2) is 4.79 Å². The number of hydrogen-bond donors (Lipinski definition) is 1. The number of benzene rings is 1. The predicted molar refractivity (Wildman–Crippen MR) is 124 cm³/mol. The lowest BCUT2D eigenvalue weighted by atomic mass is 9.91. The van der Waals surface area contributed by atoms with Gasteiger partial charge in [0.15, 0.2) is 18.1 Å². The summed E-state index contributed by atoms with van der Waals surface area (Å²) in [7, 11) is -2.58. The van der Waals surface area contributed by atoms with E-state index in [1.165, 1.54) is 13.1 Å². The van der Waals surface area contributed by atoms with Crippen molar-refractivity contribution in [1.29, 1.82) is 0 Å². The van der Waals surface area contributed by atoms with Crippen molar-refractivity contribution in [2.24, 2.45) is 4.74 Å². The van der Waals surface area contributed by atoms with Gasteiger partial charge in [0.1, 0.15) is 12.4 Å². The molecule has 1 aromatic heterocycles. The molecule has 0 amide bonds. The van der Waals surface area contributed by atoms with Gasteiger partial charge in [-0.15, -0.1) is 0 Å². The average molecular weight is 488 g/mol. The Balaban J connectivity index is 1.88. The summed E-state index contributed by atoms with van der Waals surface area (Å²) >= 11 is 0. The summed E-state index contributed by atoms with van der Waals surface area (Å²) in [5, 5.41) is 10.1. The normalized spacial score (nSPS) is 14.4. The van der Waals surface area contributed by atoms with Crippen molar-refractivity contribution in [2.75, 3.05) is 0 Å². The van der Waals surface area contributed by atoms with E-state index in [1.54, 1.807) is 26.8 Å². The molecule has 3 rings (SSSR count). The van der Waals surface area contributed by atoms with E-state index in [0.29, 0.717) is 29.0 Å². The highest BCUT2D eigenvalue weighted by Gasteiger charge is 2.25. The van der Waals surface area contributed by atoms with E-state index in [1.807, 2.05) is 6.07 Å². The highest BCUT2D eigenvalue weighted by molar-refractivity contribution is 7.34.